The quantitative estimate of drug-likeness (QED) is 0.923. The Morgan fingerprint density at radius 1 is 1.00 bits per heavy atom. The maximum atomic E-state index is 10.6. The topological polar surface area (TPSA) is 38.7 Å². The minimum absolute atomic E-state index is 0.0297. The van der Waals surface area contributed by atoms with Crippen molar-refractivity contribution in [2.24, 2.45) is 0 Å². The maximum absolute atomic E-state index is 10.6. The summed E-state index contributed by atoms with van der Waals surface area (Å²) in [6, 6.07) is 20.6. The molecule has 2 fully saturated rings. The van der Waals surface area contributed by atoms with Gasteiger partial charge in [0, 0.05) is 19.3 Å². The normalized spacial score (nSPS) is 35.1. The Morgan fingerprint density at radius 3 is 2.38 bits per heavy atom. The molecule has 126 valence electrons. The molecule has 0 unspecified atom stereocenters. The minimum atomic E-state index is -0.692. The average molecular weight is 324 g/mol. The summed E-state index contributed by atoms with van der Waals surface area (Å²) in [6.07, 6.45) is 2.35. The number of hydrogen-bond donors (Lipinski definition) is 1. The smallest absolute Gasteiger partial charge is 0.172 e. The predicted octanol–water partition coefficient (Wildman–Crippen LogP) is 4.02. The molecule has 0 aromatic heterocycles. The Labute approximate surface area is 143 Å². The van der Waals surface area contributed by atoms with Crippen molar-refractivity contribution in [3.05, 3.63) is 71.8 Å². The molecule has 24 heavy (non-hydrogen) atoms. The molecule has 2 aromatic rings. The third-order valence-electron chi connectivity index (χ3n) is 5.38. The van der Waals surface area contributed by atoms with Crippen LogP contribution in [0.25, 0.3) is 0 Å². The van der Waals surface area contributed by atoms with E-state index in [2.05, 4.69) is 36.4 Å². The van der Waals surface area contributed by atoms with Gasteiger partial charge in [-0.05, 0) is 24.5 Å². The average Bonchev–Trinajstić information content (AvgIpc) is 2.79. The second kappa shape index (κ2) is 5.99. The van der Waals surface area contributed by atoms with Crippen LogP contribution in [0, 0.1) is 0 Å². The summed E-state index contributed by atoms with van der Waals surface area (Å²) in [5.41, 5.74) is 1.89. The van der Waals surface area contributed by atoms with Gasteiger partial charge in [-0.15, -0.1) is 0 Å². The van der Waals surface area contributed by atoms with E-state index in [0.717, 1.165) is 18.4 Å². The Balaban J connectivity index is 1.57. The van der Waals surface area contributed by atoms with Crippen LogP contribution < -0.4 is 0 Å². The summed E-state index contributed by atoms with van der Waals surface area (Å²) in [4.78, 5) is 0. The Kier molecular flexibility index (Phi) is 3.95. The van der Waals surface area contributed by atoms with E-state index in [1.165, 1.54) is 5.56 Å². The fraction of sp³-hybridized carbons (Fsp3) is 0.429. The molecule has 3 heteroatoms. The molecule has 2 saturated heterocycles. The summed E-state index contributed by atoms with van der Waals surface area (Å²) in [6.45, 7) is 2.01. The van der Waals surface area contributed by atoms with Gasteiger partial charge >= 0.3 is 0 Å². The second-order valence-corrected chi connectivity index (χ2v) is 7.25. The maximum Gasteiger partial charge on any atom is 0.172 e. The molecule has 4 atom stereocenters. The molecule has 2 aliphatic heterocycles. The van der Waals surface area contributed by atoms with Crippen LogP contribution in [0.4, 0.5) is 0 Å². The highest BCUT2D eigenvalue weighted by Gasteiger charge is 2.59. The molecule has 0 saturated carbocycles. The Hall–Kier alpha value is -1.68. The zero-order valence-corrected chi connectivity index (χ0v) is 14.0. The Bertz CT molecular complexity index is 687. The first-order chi connectivity index (χ1) is 11.6. The first-order valence-corrected chi connectivity index (χ1v) is 8.74. The summed E-state index contributed by atoms with van der Waals surface area (Å²) >= 11 is 0. The van der Waals surface area contributed by atoms with Crippen LogP contribution in [-0.2, 0) is 15.9 Å². The monoisotopic (exact) mass is 324 g/mol. The van der Waals surface area contributed by atoms with Gasteiger partial charge in [0.05, 0.1) is 17.8 Å². The standard InChI is InChI=1S/C21H24O3/c1-20-14-18(17-10-6-3-7-11-17)23-21(24-20,15-19(20)22)13-12-16-8-4-2-5-9-16/h2-11,18-19,22H,12-15H2,1H3/t18-,19+,20-,21-/m1/s1. The Morgan fingerprint density at radius 2 is 1.67 bits per heavy atom. The largest absolute Gasteiger partial charge is 0.390 e. The molecule has 2 bridgehead atoms. The first-order valence-electron chi connectivity index (χ1n) is 8.74. The van der Waals surface area contributed by atoms with E-state index in [1.54, 1.807) is 0 Å². The van der Waals surface area contributed by atoms with Crippen molar-refractivity contribution >= 4 is 0 Å². The molecule has 2 aromatic carbocycles. The molecule has 2 heterocycles. The molecular weight excluding hydrogens is 300 g/mol. The summed E-state index contributed by atoms with van der Waals surface area (Å²) < 4.78 is 12.7. The molecule has 1 N–H and O–H groups in total. The van der Waals surface area contributed by atoms with Gasteiger partial charge in [0.1, 0.15) is 0 Å². The predicted molar refractivity (Wildman–Crippen MR) is 92.5 cm³/mol. The van der Waals surface area contributed by atoms with Gasteiger partial charge in [0.15, 0.2) is 5.79 Å². The van der Waals surface area contributed by atoms with Crippen LogP contribution in [0.15, 0.2) is 60.7 Å². The number of fused-ring (bicyclic) bond motifs is 2. The molecule has 0 amide bonds. The van der Waals surface area contributed by atoms with Crippen LogP contribution >= 0.6 is 0 Å². The number of hydrogen-bond acceptors (Lipinski definition) is 3. The molecule has 4 rings (SSSR count). The highest BCUT2D eigenvalue weighted by molar-refractivity contribution is 5.21. The zero-order valence-electron chi connectivity index (χ0n) is 14.0. The van der Waals surface area contributed by atoms with Crippen molar-refractivity contribution in [3.8, 4) is 0 Å². The molecule has 3 nitrogen and oxygen atoms in total. The van der Waals surface area contributed by atoms with Crippen molar-refractivity contribution in [1.29, 1.82) is 0 Å². The number of ether oxygens (including phenoxy) is 2. The van der Waals surface area contributed by atoms with Crippen LogP contribution in [0.5, 0.6) is 0 Å². The van der Waals surface area contributed by atoms with Crippen LogP contribution in [0.3, 0.4) is 0 Å². The lowest BCUT2D eigenvalue weighted by atomic mass is 9.90. The van der Waals surface area contributed by atoms with E-state index in [9.17, 15) is 5.11 Å². The van der Waals surface area contributed by atoms with Crippen molar-refractivity contribution in [1.82, 2.24) is 0 Å². The van der Waals surface area contributed by atoms with Crippen LogP contribution in [0.2, 0.25) is 0 Å². The fourth-order valence-corrected chi connectivity index (χ4v) is 4.01. The number of aryl methyl sites for hydroxylation is 1. The van der Waals surface area contributed by atoms with Crippen molar-refractivity contribution < 1.29 is 14.6 Å². The van der Waals surface area contributed by atoms with Crippen LogP contribution in [-0.4, -0.2) is 22.6 Å². The lowest BCUT2D eigenvalue weighted by molar-refractivity contribution is -0.318. The second-order valence-electron chi connectivity index (χ2n) is 7.25. The van der Waals surface area contributed by atoms with Crippen LogP contribution in [0.1, 0.15) is 43.4 Å². The van der Waals surface area contributed by atoms with Gasteiger partial charge in [-0.3, -0.25) is 0 Å². The van der Waals surface area contributed by atoms with Crippen molar-refractivity contribution in [3.63, 3.8) is 0 Å². The van der Waals surface area contributed by atoms with Gasteiger partial charge < -0.3 is 14.6 Å². The van der Waals surface area contributed by atoms with E-state index in [4.69, 9.17) is 9.47 Å². The van der Waals surface area contributed by atoms with Crippen molar-refractivity contribution in [2.75, 3.05) is 0 Å². The summed E-state index contributed by atoms with van der Waals surface area (Å²) in [5.74, 6) is -0.692. The van der Waals surface area contributed by atoms with E-state index < -0.39 is 17.5 Å². The molecule has 0 spiro atoms. The molecule has 0 radical (unpaired) electrons. The van der Waals surface area contributed by atoms with E-state index in [-0.39, 0.29) is 6.10 Å². The number of rotatable bonds is 4. The zero-order chi connectivity index (χ0) is 16.6. The fourth-order valence-electron chi connectivity index (χ4n) is 4.01. The highest BCUT2D eigenvalue weighted by atomic mass is 16.7. The van der Waals surface area contributed by atoms with Gasteiger partial charge in [0.25, 0.3) is 0 Å². The lowest BCUT2D eigenvalue weighted by Gasteiger charge is -2.43. The van der Waals surface area contributed by atoms with Gasteiger partial charge in [-0.1, -0.05) is 60.7 Å². The van der Waals surface area contributed by atoms with Gasteiger partial charge in [-0.2, -0.15) is 0 Å². The number of benzene rings is 2. The number of aliphatic hydroxyl groups is 1. The van der Waals surface area contributed by atoms with Gasteiger partial charge in [-0.25, -0.2) is 0 Å². The van der Waals surface area contributed by atoms with E-state index in [0.29, 0.717) is 12.8 Å². The van der Waals surface area contributed by atoms with Crippen molar-refractivity contribution in [2.45, 2.75) is 56.2 Å². The molecule has 2 aliphatic rings. The minimum Gasteiger partial charge on any atom is -0.390 e. The first kappa shape index (κ1) is 15.8. The third-order valence-corrected chi connectivity index (χ3v) is 5.38. The SMILES string of the molecule is C[C@@]12C[C@H](c3ccccc3)O[C@@](CCc3ccccc3)(C[C@@H]1O)O2. The van der Waals surface area contributed by atoms with E-state index >= 15 is 0 Å². The lowest BCUT2D eigenvalue weighted by Crippen LogP contribution is -2.46. The highest BCUT2D eigenvalue weighted by Crippen LogP contribution is 2.52. The number of aliphatic hydroxyl groups excluding tert-OH is 1. The molecular formula is C21H24O3. The van der Waals surface area contributed by atoms with Gasteiger partial charge in [0.2, 0.25) is 0 Å². The third kappa shape index (κ3) is 2.88. The molecule has 0 aliphatic carbocycles. The van der Waals surface area contributed by atoms with E-state index in [1.807, 2.05) is 31.2 Å². The summed E-state index contributed by atoms with van der Waals surface area (Å²) in [5, 5.41) is 10.6. The summed E-state index contributed by atoms with van der Waals surface area (Å²) in [7, 11) is 0.